The monoisotopic (exact) mass is 456 g/mol. The molecule has 1 aliphatic heterocycles. The number of imide groups is 1. The summed E-state index contributed by atoms with van der Waals surface area (Å²) in [5.41, 5.74) is 3.91. The van der Waals surface area contributed by atoms with Crippen molar-refractivity contribution in [1.29, 1.82) is 0 Å². The van der Waals surface area contributed by atoms with Crippen molar-refractivity contribution in [3.05, 3.63) is 56.6 Å². The van der Waals surface area contributed by atoms with Crippen molar-refractivity contribution >= 4 is 46.3 Å². The number of thioether (sulfide) groups is 1. The maximum atomic E-state index is 12.8. The van der Waals surface area contributed by atoms with Crippen molar-refractivity contribution in [2.45, 2.75) is 52.5 Å². The van der Waals surface area contributed by atoms with Gasteiger partial charge in [0.05, 0.1) is 16.5 Å². The van der Waals surface area contributed by atoms with Gasteiger partial charge in [-0.05, 0) is 81.5 Å². The average Bonchev–Trinajstić information content (AvgIpc) is 3.32. The highest BCUT2D eigenvalue weighted by atomic mass is 32.2. The van der Waals surface area contributed by atoms with E-state index in [1.807, 2.05) is 24.5 Å². The van der Waals surface area contributed by atoms with Gasteiger partial charge in [-0.3, -0.25) is 14.5 Å². The lowest BCUT2D eigenvalue weighted by molar-refractivity contribution is -0.123. The Kier molecular flexibility index (Phi) is 5.70. The first-order chi connectivity index (χ1) is 14.7. The van der Waals surface area contributed by atoms with Crippen molar-refractivity contribution in [3.8, 4) is 5.00 Å². The number of fused-ring (bicyclic) bond motifs is 1. The zero-order valence-corrected chi connectivity index (χ0v) is 19.4. The third-order valence-electron chi connectivity index (χ3n) is 5.90. The summed E-state index contributed by atoms with van der Waals surface area (Å²) in [4.78, 5) is 39.9. The zero-order valence-electron chi connectivity index (χ0n) is 17.7. The number of hydrogen-bond acceptors (Lipinski definition) is 5. The predicted molar refractivity (Wildman–Crippen MR) is 124 cm³/mol. The number of hydrogen-bond donors (Lipinski definition) is 1. The highest BCUT2D eigenvalue weighted by Gasteiger charge is 2.37. The fraction of sp³-hybridized carbons (Fsp3) is 0.348. The number of carbonyl (C=O) groups excluding carboxylic acids is 2. The van der Waals surface area contributed by atoms with Crippen LogP contribution >= 0.6 is 23.1 Å². The van der Waals surface area contributed by atoms with Gasteiger partial charge in [0.1, 0.15) is 5.00 Å². The molecule has 1 saturated heterocycles. The first kappa shape index (κ1) is 21.6. The van der Waals surface area contributed by atoms with Gasteiger partial charge in [-0.25, -0.2) is 4.79 Å². The van der Waals surface area contributed by atoms with Gasteiger partial charge in [0, 0.05) is 16.3 Å². The summed E-state index contributed by atoms with van der Waals surface area (Å²) in [6.45, 7) is 9.27. The molecule has 1 N–H and O–H groups in total. The predicted octanol–water partition coefficient (Wildman–Crippen LogP) is 5.34. The molecule has 0 spiro atoms. The Bertz CT molecular complexity index is 1150. The van der Waals surface area contributed by atoms with Crippen molar-refractivity contribution in [2.75, 3.05) is 0 Å². The van der Waals surface area contributed by atoms with Crippen LogP contribution in [0.1, 0.15) is 57.5 Å². The number of rotatable bonds is 5. The molecular weight excluding hydrogens is 432 g/mol. The Hall–Kier alpha value is -2.58. The van der Waals surface area contributed by atoms with Gasteiger partial charge in [0.15, 0.2) is 0 Å². The molecule has 0 radical (unpaired) electrons. The Balaban J connectivity index is 1.78. The fourth-order valence-electron chi connectivity index (χ4n) is 4.25. The lowest BCUT2D eigenvalue weighted by Gasteiger charge is -2.17. The second kappa shape index (κ2) is 8.16. The smallest absolute Gasteiger partial charge is 0.339 e. The Labute approximate surface area is 189 Å². The van der Waals surface area contributed by atoms with Gasteiger partial charge < -0.3 is 9.67 Å². The van der Waals surface area contributed by atoms with Crippen LogP contribution in [0, 0.1) is 13.8 Å². The normalized spacial score (nSPS) is 18.5. The molecule has 1 fully saturated rings. The summed E-state index contributed by atoms with van der Waals surface area (Å²) < 4.78 is 1.97. The van der Waals surface area contributed by atoms with Gasteiger partial charge in [0.2, 0.25) is 0 Å². The van der Waals surface area contributed by atoms with Crippen LogP contribution in [-0.4, -0.2) is 37.7 Å². The molecule has 2 amide bonds. The molecule has 6 nitrogen and oxygen atoms in total. The highest BCUT2D eigenvalue weighted by Crippen LogP contribution is 2.40. The van der Waals surface area contributed by atoms with E-state index in [4.69, 9.17) is 0 Å². The minimum Gasteiger partial charge on any atom is -0.478 e. The molecule has 3 heterocycles. The molecule has 1 aliphatic carbocycles. The van der Waals surface area contributed by atoms with Gasteiger partial charge in [0.25, 0.3) is 11.1 Å². The largest absolute Gasteiger partial charge is 0.478 e. The van der Waals surface area contributed by atoms with Crippen LogP contribution in [0.15, 0.2) is 23.6 Å². The van der Waals surface area contributed by atoms with Gasteiger partial charge >= 0.3 is 5.97 Å². The number of aryl methyl sites for hydroxylation is 2. The second-order valence-corrected chi connectivity index (χ2v) is 9.96. The molecule has 1 atom stereocenters. The number of carbonyl (C=O) groups is 3. The van der Waals surface area contributed by atoms with Crippen LogP contribution in [0.4, 0.5) is 4.79 Å². The number of aromatic carboxylic acids is 1. The number of nitrogens with zero attached hydrogens (tertiary/aromatic N) is 2. The molecule has 8 heteroatoms. The van der Waals surface area contributed by atoms with E-state index >= 15 is 0 Å². The van der Waals surface area contributed by atoms with E-state index in [2.05, 4.69) is 6.58 Å². The Morgan fingerprint density at radius 2 is 1.97 bits per heavy atom. The molecule has 4 rings (SSSR count). The molecule has 2 aliphatic rings. The first-order valence-electron chi connectivity index (χ1n) is 10.2. The molecule has 162 valence electrons. The molecular formula is C23H24N2O4S2. The Morgan fingerprint density at radius 1 is 1.26 bits per heavy atom. The van der Waals surface area contributed by atoms with Crippen LogP contribution in [0.25, 0.3) is 11.1 Å². The van der Waals surface area contributed by atoms with E-state index in [1.165, 1.54) is 4.90 Å². The van der Waals surface area contributed by atoms with E-state index in [1.54, 1.807) is 30.4 Å². The van der Waals surface area contributed by atoms with E-state index in [-0.39, 0.29) is 17.2 Å². The number of carboxylic acids is 1. The average molecular weight is 457 g/mol. The topological polar surface area (TPSA) is 79.6 Å². The van der Waals surface area contributed by atoms with Crippen molar-refractivity contribution in [1.82, 2.24) is 9.47 Å². The summed E-state index contributed by atoms with van der Waals surface area (Å²) in [6.07, 6.45) is 7.11. The lowest BCUT2D eigenvalue weighted by atomic mass is 9.95. The SMILES string of the molecule is C=C[C@H](C)N1C(=O)S/C(=C\c2cc(C)n(-c3sc4c(c3C(=O)O)CCCC4)c2C)C1=O. The highest BCUT2D eigenvalue weighted by molar-refractivity contribution is 8.18. The second-order valence-electron chi connectivity index (χ2n) is 7.89. The third kappa shape index (κ3) is 3.57. The maximum absolute atomic E-state index is 12.8. The van der Waals surface area contributed by atoms with Gasteiger partial charge in [-0.1, -0.05) is 6.08 Å². The number of thiophene rings is 1. The number of carboxylic acid groups (broad SMARTS) is 1. The summed E-state index contributed by atoms with van der Waals surface area (Å²) in [7, 11) is 0. The maximum Gasteiger partial charge on any atom is 0.339 e. The van der Waals surface area contributed by atoms with Crippen molar-refractivity contribution in [2.24, 2.45) is 0 Å². The zero-order chi connectivity index (χ0) is 22.4. The van der Waals surface area contributed by atoms with E-state index in [0.29, 0.717) is 10.5 Å². The van der Waals surface area contributed by atoms with Crippen LogP contribution in [0.2, 0.25) is 0 Å². The van der Waals surface area contributed by atoms with E-state index in [0.717, 1.165) is 69.8 Å². The van der Waals surface area contributed by atoms with E-state index in [9.17, 15) is 19.5 Å². The molecule has 0 aromatic carbocycles. The van der Waals surface area contributed by atoms with Gasteiger partial charge in [-0.2, -0.15) is 0 Å². The summed E-state index contributed by atoms with van der Waals surface area (Å²) >= 11 is 2.47. The van der Waals surface area contributed by atoms with Gasteiger partial charge in [-0.15, -0.1) is 17.9 Å². The van der Waals surface area contributed by atoms with Crippen molar-refractivity contribution < 1.29 is 19.5 Å². The minimum atomic E-state index is -0.900. The first-order valence-corrected chi connectivity index (χ1v) is 11.8. The summed E-state index contributed by atoms with van der Waals surface area (Å²) in [6, 6.07) is 1.56. The van der Waals surface area contributed by atoms with Crippen LogP contribution < -0.4 is 0 Å². The lowest BCUT2D eigenvalue weighted by Crippen LogP contribution is -2.35. The van der Waals surface area contributed by atoms with Crippen LogP contribution in [0.5, 0.6) is 0 Å². The molecule has 31 heavy (non-hydrogen) atoms. The minimum absolute atomic E-state index is 0.309. The molecule has 0 unspecified atom stereocenters. The molecule has 2 aromatic rings. The standard InChI is InChI=1S/C23H24N2O4S2/c1-5-12(2)25-20(26)18(31-23(25)29)11-15-10-13(3)24(14(15)4)21-19(22(27)28)16-8-6-7-9-17(16)30-21/h5,10-12H,1,6-9H2,2-4H3,(H,27,28)/b18-11-/t12-/m0/s1. The summed E-state index contributed by atoms with van der Waals surface area (Å²) in [5.74, 6) is -1.23. The Morgan fingerprint density at radius 3 is 2.65 bits per heavy atom. The summed E-state index contributed by atoms with van der Waals surface area (Å²) in [5, 5.41) is 10.4. The fourth-order valence-corrected chi connectivity index (χ4v) is 6.65. The quantitative estimate of drug-likeness (QED) is 0.485. The molecule has 0 saturated carbocycles. The third-order valence-corrected chi connectivity index (χ3v) is 8.06. The number of aromatic nitrogens is 1. The number of amides is 2. The van der Waals surface area contributed by atoms with Crippen LogP contribution in [-0.2, 0) is 17.6 Å². The van der Waals surface area contributed by atoms with Crippen molar-refractivity contribution in [3.63, 3.8) is 0 Å². The molecule has 0 bridgehead atoms. The van der Waals surface area contributed by atoms with Crippen LogP contribution in [0.3, 0.4) is 0 Å². The van der Waals surface area contributed by atoms with E-state index < -0.39 is 5.97 Å². The molecule has 2 aromatic heterocycles.